The van der Waals surface area contributed by atoms with Crippen LogP contribution in [0.15, 0.2) is 36.9 Å². The Morgan fingerprint density at radius 2 is 1.94 bits per heavy atom. The van der Waals surface area contributed by atoms with E-state index in [0.29, 0.717) is 0 Å². The zero-order valence-corrected chi connectivity index (χ0v) is 9.25. The van der Waals surface area contributed by atoms with E-state index in [2.05, 4.69) is 20.3 Å². The highest BCUT2D eigenvalue weighted by atomic mass is 15.2. The maximum Gasteiger partial charge on any atom is 0.138 e. The summed E-state index contributed by atoms with van der Waals surface area (Å²) in [6.07, 6.45) is 5.05. The van der Waals surface area contributed by atoms with Gasteiger partial charge in [0, 0.05) is 38.2 Å². The van der Waals surface area contributed by atoms with Crippen LogP contribution in [0.1, 0.15) is 0 Å². The van der Waals surface area contributed by atoms with Gasteiger partial charge in [0.25, 0.3) is 0 Å². The van der Waals surface area contributed by atoms with Gasteiger partial charge in [0.15, 0.2) is 0 Å². The normalized spacial score (nSPS) is 9.88. The lowest BCUT2D eigenvalue weighted by Crippen LogP contribution is -2.11. The Labute approximate surface area is 94.2 Å². The minimum absolute atomic E-state index is 0.797. The summed E-state index contributed by atoms with van der Waals surface area (Å²) in [5, 5.41) is 2.98. The molecule has 0 radical (unpaired) electrons. The predicted molar refractivity (Wildman–Crippen MR) is 63.9 cm³/mol. The van der Waals surface area contributed by atoms with Crippen LogP contribution in [0.4, 0.5) is 17.3 Å². The van der Waals surface area contributed by atoms with E-state index in [0.717, 1.165) is 17.3 Å². The number of aromatic nitrogens is 3. The summed E-state index contributed by atoms with van der Waals surface area (Å²) in [4.78, 5) is 14.3. The lowest BCUT2D eigenvalue weighted by atomic mass is 10.3. The third kappa shape index (κ3) is 2.08. The first-order valence-corrected chi connectivity index (χ1v) is 4.95. The molecule has 0 aliphatic heterocycles. The molecular weight excluding hydrogens is 202 g/mol. The molecule has 0 amide bonds. The minimum atomic E-state index is 0.797. The Morgan fingerprint density at radius 3 is 2.62 bits per heavy atom. The Hall–Kier alpha value is -2.17. The molecule has 16 heavy (non-hydrogen) atoms. The van der Waals surface area contributed by atoms with E-state index < -0.39 is 0 Å². The van der Waals surface area contributed by atoms with E-state index >= 15 is 0 Å². The van der Waals surface area contributed by atoms with Gasteiger partial charge in [-0.3, -0.25) is 4.98 Å². The van der Waals surface area contributed by atoms with Gasteiger partial charge in [-0.05, 0) is 12.1 Å². The fourth-order valence-corrected chi connectivity index (χ4v) is 1.37. The number of hydrogen-bond donors (Lipinski definition) is 1. The number of rotatable bonds is 3. The van der Waals surface area contributed by atoms with Gasteiger partial charge in [-0.2, -0.15) is 0 Å². The van der Waals surface area contributed by atoms with Crippen molar-refractivity contribution in [3.05, 3.63) is 36.9 Å². The monoisotopic (exact) mass is 215 g/mol. The van der Waals surface area contributed by atoms with E-state index in [1.807, 2.05) is 37.2 Å². The minimum Gasteiger partial charge on any atom is -0.373 e. The lowest BCUT2D eigenvalue weighted by molar-refractivity contribution is 1.07. The standard InChI is InChI=1S/C11H13N5/c1-12-10-7-11(15-8-14-10)16(2)9-3-5-13-6-4-9/h3-8H,1-2H3,(H,12,14,15). The predicted octanol–water partition coefficient (Wildman–Crippen LogP) is 1.68. The zero-order chi connectivity index (χ0) is 11.4. The van der Waals surface area contributed by atoms with Gasteiger partial charge in [-0.1, -0.05) is 0 Å². The van der Waals surface area contributed by atoms with E-state index in [9.17, 15) is 0 Å². The molecule has 0 atom stereocenters. The maximum atomic E-state index is 4.22. The number of pyridine rings is 1. The molecular formula is C11H13N5. The van der Waals surface area contributed by atoms with Gasteiger partial charge in [-0.15, -0.1) is 0 Å². The Morgan fingerprint density at radius 1 is 1.19 bits per heavy atom. The molecule has 1 N–H and O–H groups in total. The van der Waals surface area contributed by atoms with Crippen LogP contribution in [0.3, 0.4) is 0 Å². The summed E-state index contributed by atoms with van der Waals surface area (Å²) in [6.45, 7) is 0. The highest BCUT2D eigenvalue weighted by Gasteiger charge is 2.05. The Kier molecular flexibility index (Phi) is 2.95. The molecule has 0 aromatic carbocycles. The van der Waals surface area contributed by atoms with Gasteiger partial charge in [0.2, 0.25) is 0 Å². The third-order valence-corrected chi connectivity index (χ3v) is 2.30. The molecule has 0 spiro atoms. The fraction of sp³-hybridized carbons (Fsp3) is 0.182. The molecule has 2 rings (SSSR count). The number of nitrogens with zero attached hydrogens (tertiary/aromatic N) is 4. The topological polar surface area (TPSA) is 53.9 Å². The van der Waals surface area contributed by atoms with Crippen LogP contribution in [0.5, 0.6) is 0 Å². The van der Waals surface area contributed by atoms with Crippen LogP contribution >= 0.6 is 0 Å². The summed E-state index contributed by atoms with van der Waals surface area (Å²) in [5.41, 5.74) is 1.04. The van der Waals surface area contributed by atoms with Crippen molar-refractivity contribution < 1.29 is 0 Å². The molecule has 82 valence electrons. The van der Waals surface area contributed by atoms with E-state index in [4.69, 9.17) is 0 Å². The first kappa shape index (κ1) is 10.4. The van der Waals surface area contributed by atoms with Crippen molar-refractivity contribution in [2.75, 3.05) is 24.3 Å². The lowest BCUT2D eigenvalue weighted by Gasteiger charge is -2.18. The average molecular weight is 215 g/mol. The van der Waals surface area contributed by atoms with Gasteiger partial charge >= 0.3 is 0 Å². The Bertz CT molecular complexity index is 457. The molecule has 2 aromatic rings. The molecule has 0 fully saturated rings. The summed E-state index contributed by atoms with van der Waals surface area (Å²) >= 11 is 0. The first-order chi connectivity index (χ1) is 7.81. The molecule has 5 nitrogen and oxygen atoms in total. The number of nitrogens with one attached hydrogen (secondary N) is 1. The SMILES string of the molecule is CNc1cc(N(C)c2ccncc2)ncn1. The third-order valence-electron chi connectivity index (χ3n) is 2.30. The summed E-state index contributed by atoms with van der Waals surface area (Å²) in [7, 11) is 3.79. The molecule has 0 aliphatic carbocycles. The van der Waals surface area contributed by atoms with Crippen molar-refractivity contribution in [2.45, 2.75) is 0 Å². The summed E-state index contributed by atoms with van der Waals surface area (Å²) in [5.74, 6) is 1.64. The second-order valence-electron chi connectivity index (χ2n) is 3.28. The van der Waals surface area contributed by atoms with Crippen molar-refractivity contribution in [3.8, 4) is 0 Å². The van der Waals surface area contributed by atoms with Crippen LogP contribution in [0.2, 0.25) is 0 Å². The molecule has 0 saturated carbocycles. The number of hydrogen-bond acceptors (Lipinski definition) is 5. The van der Waals surface area contributed by atoms with Crippen LogP contribution in [-0.2, 0) is 0 Å². The van der Waals surface area contributed by atoms with Crippen molar-refractivity contribution >= 4 is 17.3 Å². The van der Waals surface area contributed by atoms with Crippen LogP contribution in [0, 0.1) is 0 Å². The summed E-state index contributed by atoms with van der Waals surface area (Å²) < 4.78 is 0. The highest BCUT2D eigenvalue weighted by Crippen LogP contribution is 2.21. The van der Waals surface area contributed by atoms with Crippen molar-refractivity contribution in [2.24, 2.45) is 0 Å². The molecule has 2 aromatic heterocycles. The van der Waals surface area contributed by atoms with E-state index in [-0.39, 0.29) is 0 Å². The molecule has 0 unspecified atom stereocenters. The fourth-order valence-electron chi connectivity index (χ4n) is 1.37. The molecule has 2 heterocycles. The molecule has 0 bridgehead atoms. The van der Waals surface area contributed by atoms with Crippen molar-refractivity contribution in [3.63, 3.8) is 0 Å². The van der Waals surface area contributed by atoms with Crippen LogP contribution in [-0.4, -0.2) is 29.0 Å². The second-order valence-corrected chi connectivity index (χ2v) is 3.28. The molecule has 0 aliphatic rings. The van der Waals surface area contributed by atoms with Gasteiger partial charge < -0.3 is 10.2 Å². The van der Waals surface area contributed by atoms with Crippen LogP contribution in [0.25, 0.3) is 0 Å². The quantitative estimate of drug-likeness (QED) is 0.844. The highest BCUT2D eigenvalue weighted by molar-refractivity contribution is 5.60. The summed E-state index contributed by atoms with van der Waals surface area (Å²) in [6, 6.07) is 5.75. The van der Waals surface area contributed by atoms with Gasteiger partial charge in [-0.25, -0.2) is 9.97 Å². The largest absolute Gasteiger partial charge is 0.373 e. The van der Waals surface area contributed by atoms with Gasteiger partial charge in [0.05, 0.1) is 0 Å². The molecule has 5 heteroatoms. The maximum absolute atomic E-state index is 4.22. The first-order valence-electron chi connectivity index (χ1n) is 4.95. The van der Waals surface area contributed by atoms with Gasteiger partial charge in [0.1, 0.15) is 18.0 Å². The van der Waals surface area contributed by atoms with E-state index in [1.54, 1.807) is 18.7 Å². The smallest absolute Gasteiger partial charge is 0.138 e. The Balaban J connectivity index is 2.30. The second kappa shape index (κ2) is 4.57. The van der Waals surface area contributed by atoms with E-state index in [1.165, 1.54) is 0 Å². The number of anilines is 3. The van der Waals surface area contributed by atoms with Crippen molar-refractivity contribution in [1.82, 2.24) is 15.0 Å². The zero-order valence-electron chi connectivity index (χ0n) is 9.25. The molecule has 0 saturated heterocycles. The average Bonchev–Trinajstić information content (AvgIpc) is 2.39. The van der Waals surface area contributed by atoms with Crippen molar-refractivity contribution in [1.29, 1.82) is 0 Å². The van der Waals surface area contributed by atoms with Crippen LogP contribution < -0.4 is 10.2 Å².